The third-order valence-corrected chi connectivity index (χ3v) is 5.61. The van der Waals surface area contributed by atoms with Gasteiger partial charge in [0, 0.05) is 48.9 Å². The molecule has 7 nitrogen and oxygen atoms in total. The van der Waals surface area contributed by atoms with Crippen molar-refractivity contribution in [2.75, 3.05) is 26.2 Å². The fourth-order valence-corrected chi connectivity index (χ4v) is 3.88. The van der Waals surface area contributed by atoms with Gasteiger partial charge in [0.15, 0.2) is 0 Å². The average molecular weight is 408 g/mol. The smallest absolute Gasteiger partial charge is 0.292 e. The molecule has 0 radical (unpaired) electrons. The Morgan fingerprint density at radius 3 is 2.24 bits per heavy atom. The molecule has 1 aliphatic rings. The first kappa shape index (κ1) is 19.2. The van der Waals surface area contributed by atoms with Crippen molar-refractivity contribution < 1.29 is 14.1 Å². The van der Waals surface area contributed by atoms with E-state index in [1.165, 1.54) is 0 Å². The number of nitrogens with zero attached hydrogens (tertiary/aromatic N) is 4. The molecule has 3 aromatic rings. The zero-order chi connectivity index (χ0) is 20.2. The summed E-state index contributed by atoms with van der Waals surface area (Å²) >= 11 is 1.55. The van der Waals surface area contributed by atoms with Gasteiger partial charge in [-0.3, -0.25) is 9.59 Å². The second-order valence-electron chi connectivity index (χ2n) is 6.71. The molecule has 0 spiro atoms. The standard InChI is InChI=1S/C21H20N4O3S/c1-15-14-18(28-23-15)21(27)25-12-10-24(11-13-25)20(26)16-5-7-17(8-6-16)29-19-4-2-3-9-22-19/h2-9,14H,10-13H2,1H3. The number of carbonyl (C=O) groups is 2. The summed E-state index contributed by atoms with van der Waals surface area (Å²) in [6, 6.07) is 14.9. The maximum Gasteiger partial charge on any atom is 0.292 e. The van der Waals surface area contributed by atoms with Crippen LogP contribution in [0.2, 0.25) is 0 Å². The van der Waals surface area contributed by atoms with Gasteiger partial charge < -0.3 is 14.3 Å². The molecule has 1 fully saturated rings. The molecule has 29 heavy (non-hydrogen) atoms. The molecule has 0 N–H and O–H groups in total. The van der Waals surface area contributed by atoms with Gasteiger partial charge in [-0.1, -0.05) is 23.0 Å². The Kier molecular flexibility index (Phi) is 5.62. The molecule has 148 valence electrons. The number of hydrogen-bond donors (Lipinski definition) is 0. The van der Waals surface area contributed by atoms with Crippen LogP contribution in [0.15, 0.2) is 69.2 Å². The Morgan fingerprint density at radius 2 is 1.66 bits per heavy atom. The molecule has 8 heteroatoms. The number of hydrogen-bond acceptors (Lipinski definition) is 6. The molecule has 3 heterocycles. The van der Waals surface area contributed by atoms with E-state index < -0.39 is 0 Å². The van der Waals surface area contributed by atoms with Crippen molar-refractivity contribution in [3.63, 3.8) is 0 Å². The number of aromatic nitrogens is 2. The second-order valence-corrected chi connectivity index (χ2v) is 7.81. The van der Waals surface area contributed by atoms with Crippen LogP contribution in [0.3, 0.4) is 0 Å². The van der Waals surface area contributed by atoms with Crippen molar-refractivity contribution in [3.8, 4) is 0 Å². The first-order valence-electron chi connectivity index (χ1n) is 9.31. The van der Waals surface area contributed by atoms with Crippen molar-refractivity contribution in [2.24, 2.45) is 0 Å². The van der Waals surface area contributed by atoms with E-state index in [1.54, 1.807) is 40.7 Å². The van der Waals surface area contributed by atoms with Crippen LogP contribution in [0.4, 0.5) is 0 Å². The summed E-state index contributed by atoms with van der Waals surface area (Å²) in [6.07, 6.45) is 1.76. The Bertz CT molecular complexity index is 996. The minimum Gasteiger partial charge on any atom is -0.351 e. The van der Waals surface area contributed by atoms with Crippen molar-refractivity contribution in [1.82, 2.24) is 19.9 Å². The third-order valence-electron chi connectivity index (χ3n) is 4.65. The van der Waals surface area contributed by atoms with E-state index in [0.717, 1.165) is 9.92 Å². The zero-order valence-corrected chi connectivity index (χ0v) is 16.8. The lowest BCUT2D eigenvalue weighted by Gasteiger charge is -2.34. The Balaban J connectivity index is 1.34. The fourth-order valence-electron chi connectivity index (χ4n) is 3.11. The quantitative estimate of drug-likeness (QED) is 0.660. The van der Waals surface area contributed by atoms with E-state index in [1.807, 2.05) is 42.5 Å². The lowest BCUT2D eigenvalue weighted by Crippen LogP contribution is -2.50. The van der Waals surface area contributed by atoms with Crippen LogP contribution in [0.25, 0.3) is 0 Å². The van der Waals surface area contributed by atoms with Gasteiger partial charge in [-0.15, -0.1) is 0 Å². The summed E-state index contributed by atoms with van der Waals surface area (Å²) < 4.78 is 5.05. The van der Waals surface area contributed by atoms with E-state index in [-0.39, 0.29) is 17.6 Å². The predicted octanol–water partition coefficient (Wildman–Crippen LogP) is 3.13. The van der Waals surface area contributed by atoms with Gasteiger partial charge in [0.2, 0.25) is 5.76 Å². The molecule has 4 rings (SSSR count). The predicted molar refractivity (Wildman–Crippen MR) is 108 cm³/mol. The van der Waals surface area contributed by atoms with Crippen LogP contribution in [0.5, 0.6) is 0 Å². The van der Waals surface area contributed by atoms with Crippen molar-refractivity contribution in [2.45, 2.75) is 16.8 Å². The largest absolute Gasteiger partial charge is 0.351 e. The molecule has 0 atom stereocenters. The van der Waals surface area contributed by atoms with Crippen LogP contribution < -0.4 is 0 Å². The lowest BCUT2D eigenvalue weighted by molar-refractivity contribution is 0.0512. The lowest BCUT2D eigenvalue weighted by atomic mass is 10.2. The highest BCUT2D eigenvalue weighted by atomic mass is 32.2. The van der Waals surface area contributed by atoms with Gasteiger partial charge in [0.25, 0.3) is 11.8 Å². The Labute approximate surface area is 172 Å². The van der Waals surface area contributed by atoms with Gasteiger partial charge in [0.05, 0.1) is 5.69 Å². The maximum atomic E-state index is 12.8. The summed E-state index contributed by atoms with van der Waals surface area (Å²) in [6.45, 7) is 3.69. The van der Waals surface area contributed by atoms with Crippen LogP contribution in [-0.4, -0.2) is 57.9 Å². The fraction of sp³-hybridized carbons (Fsp3) is 0.238. The molecule has 1 aliphatic heterocycles. The topological polar surface area (TPSA) is 79.5 Å². The molecule has 0 bridgehead atoms. The average Bonchev–Trinajstić information content (AvgIpc) is 3.20. The molecule has 0 unspecified atom stereocenters. The third kappa shape index (κ3) is 4.48. The van der Waals surface area contributed by atoms with E-state index in [9.17, 15) is 9.59 Å². The molecule has 2 amide bonds. The van der Waals surface area contributed by atoms with Crippen LogP contribution >= 0.6 is 11.8 Å². The van der Waals surface area contributed by atoms with E-state index in [2.05, 4.69) is 10.1 Å². The highest BCUT2D eigenvalue weighted by Crippen LogP contribution is 2.26. The number of pyridine rings is 1. The van der Waals surface area contributed by atoms with E-state index >= 15 is 0 Å². The first-order chi connectivity index (χ1) is 14.1. The summed E-state index contributed by atoms with van der Waals surface area (Å²) in [5, 5.41) is 4.67. The summed E-state index contributed by atoms with van der Waals surface area (Å²) in [4.78, 5) is 34.0. The van der Waals surface area contributed by atoms with Gasteiger partial charge in [-0.25, -0.2) is 4.98 Å². The summed E-state index contributed by atoms with van der Waals surface area (Å²) in [7, 11) is 0. The number of aryl methyl sites for hydroxylation is 1. The van der Waals surface area contributed by atoms with Crippen molar-refractivity contribution in [1.29, 1.82) is 0 Å². The zero-order valence-electron chi connectivity index (χ0n) is 15.9. The van der Waals surface area contributed by atoms with Gasteiger partial charge in [0.1, 0.15) is 5.03 Å². The highest BCUT2D eigenvalue weighted by molar-refractivity contribution is 7.99. The van der Waals surface area contributed by atoms with Crippen molar-refractivity contribution in [3.05, 3.63) is 71.7 Å². The minimum atomic E-state index is -0.186. The van der Waals surface area contributed by atoms with Crippen molar-refractivity contribution >= 4 is 23.6 Å². The molecule has 0 saturated carbocycles. The molecule has 1 saturated heterocycles. The SMILES string of the molecule is Cc1cc(C(=O)N2CCN(C(=O)c3ccc(Sc4ccccn4)cc3)CC2)on1. The van der Waals surface area contributed by atoms with Crippen LogP contribution in [-0.2, 0) is 0 Å². The molecule has 1 aromatic carbocycles. The summed E-state index contributed by atoms with van der Waals surface area (Å²) in [5.41, 5.74) is 1.31. The molecular formula is C21H20N4O3S. The number of amides is 2. The number of rotatable bonds is 4. The summed E-state index contributed by atoms with van der Waals surface area (Å²) in [5.74, 6) is 0.0267. The minimum absolute atomic E-state index is 0.0259. The normalized spacial score (nSPS) is 14.1. The van der Waals surface area contributed by atoms with E-state index in [4.69, 9.17) is 4.52 Å². The molecule has 0 aliphatic carbocycles. The van der Waals surface area contributed by atoms with E-state index in [0.29, 0.717) is 37.4 Å². The Hall–Kier alpha value is -3.13. The second kappa shape index (κ2) is 8.48. The number of piperazine rings is 1. The van der Waals surface area contributed by atoms with Gasteiger partial charge in [-0.05, 0) is 43.3 Å². The maximum absolute atomic E-state index is 12.8. The monoisotopic (exact) mass is 408 g/mol. The first-order valence-corrected chi connectivity index (χ1v) is 10.1. The number of benzene rings is 1. The van der Waals surface area contributed by atoms with Gasteiger partial charge >= 0.3 is 0 Å². The molecule has 2 aromatic heterocycles. The molecular weight excluding hydrogens is 388 g/mol. The number of carbonyl (C=O) groups excluding carboxylic acids is 2. The highest BCUT2D eigenvalue weighted by Gasteiger charge is 2.27. The van der Waals surface area contributed by atoms with Gasteiger partial charge in [-0.2, -0.15) is 0 Å². The van der Waals surface area contributed by atoms with Crippen LogP contribution in [0, 0.1) is 6.92 Å². The Morgan fingerprint density at radius 1 is 0.966 bits per heavy atom. The van der Waals surface area contributed by atoms with Crippen LogP contribution in [0.1, 0.15) is 26.6 Å².